The van der Waals surface area contributed by atoms with Crippen LogP contribution < -0.4 is 0 Å². The quantitative estimate of drug-likeness (QED) is 0.775. The van der Waals surface area contributed by atoms with Crippen LogP contribution in [0.5, 0.6) is 0 Å². The molecule has 5 heteroatoms. The minimum Gasteiger partial charge on any atom is -0.369 e. The number of amides is 1. The van der Waals surface area contributed by atoms with Crippen molar-refractivity contribution in [3.05, 3.63) is 33.3 Å². The molecule has 1 aliphatic heterocycles. The fraction of sp³-hybridized carbons (Fsp3) is 0.500. The SMILES string of the molecule is CC1CN(C(=O)c2cc(Br)ccc2Cl)CC(C)(C)O1. The van der Waals surface area contributed by atoms with Crippen LogP contribution in [0.4, 0.5) is 0 Å². The van der Waals surface area contributed by atoms with Gasteiger partial charge in [-0.25, -0.2) is 0 Å². The topological polar surface area (TPSA) is 29.5 Å². The minimum atomic E-state index is -0.328. The summed E-state index contributed by atoms with van der Waals surface area (Å²) < 4.78 is 6.66. The summed E-state index contributed by atoms with van der Waals surface area (Å²) in [5, 5.41) is 0.477. The number of nitrogens with zero attached hydrogens (tertiary/aromatic N) is 1. The molecule has 2 rings (SSSR count). The summed E-state index contributed by atoms with van der Waals surface area (Å²) in [4.78, 5) is 14.4. The smallest absolute Gasteiger partial charge is 0.255 e. The van der Waals surface area contributed by atoms with Gasteiger partial charge >= 0.3 is 0 Å². The van der Waals surface area contributed by atoms with Gasteiger partial charge < -0.3 is 9.64 Å². The molecule has 3 nitrogen and oxygen atoms in total. The Morgan fingerprint density at radius 1 is 1.53 bits per heavy atom. The molecule has 0 aromatic heterocycles. The van der Waals surface area contributed by atoms with Crippen molar-refractivity contribution < 1.29 is 9.53 Å². The highest BCUT2D eigenvalue weighted by Gasteiger charge is 2.34. The van der Waals surface area contributed by atoms with E-state index < -0.39 is 0 Å². The van der Waals surface area contributed by atoms with Crippen molar-refractivity contribution in [2.24, 2.45) is 0 Å². The molecular formula is C14H17BrClNO2. The molecule has 0 spiro atoms. The van der Waals surface area contributed by atoms with Crippen LogP contribution in [0.2, 0.25) is 5.02 Å². The predicted octanol–water partition coefficient (Wildman–Crippen LogP) is 3.74. The summed E-state index contributed by atoms with van der Waals surface area (Å²) in [6.45, 7) is 7.12. The number of morpholine rings is 1. The number of benzene rings is 1. The van der Waals surface area contributed by atoms with E-state index in [0.29, 0.717) is 23.7 Å². The van der Waals surface area contributed by atoms with Crippen LogP contribution >= 0.6 is 27.5 Å². The molecule has 1 fully saturated rings. The predicted molar refractivity (Wildman–Crippen MR) is 79.7 cm³/mol. The second-order valence-electron chi connectivity index (χ2n) is 5.50. The van der Waals surface area contributed by atoms with E-state index in [2.05, 4.69) is 15.9 Å². The zero-order chi connectivity index (χ0) is 14.2. The monoisotopic (exact) mass is 345 g/mol. The van der Waals surface area contributed by atoms with Crippen LogP contribution in [-0.4, -0.2) is 35.6 Å². The third-order valence-corrected chi connectivity index (χ3v) is 3.84. The maximum Gasteiger partial charge on any atom is 0.255 e. The van der Waals surface area contributed by atoms with Crippen LogP contribution in [0.3, 0.4) is 0 Å². The number of hydrogen-bond acceptors (Lipinski definition) is 2. The summed E-state index contributed by atoms with van der Waals surface area (Å²) in [5.41, 5.74) is 0.201. The Morgan fingerprint density at radius 2 is 2.21 bits per heavy atom. The van der Waals surface area contributed by atoms with Crippen molar-refractivity contribution in [1.82, 2.24) is 4.90 Å². The standard InChI is InChI=1S/C14H17BrClNO2/c1-9-7-17(8-14(2,3)19-9)13(18)11-6-10(15)4-5-12(11)16/h4-6,9H,7-8H2,1-3H3. The lowest BCUT2D eigenvalue weighted by atomic mass is 10.0. The van der Waals surface area contributed by atoms with Crippen molar-refractivity contribution in [2.45, 2.75) is 32.5 Å². The number of rotatable bonds is 1. The van der Waals surface area contributed by atoms with Crippen LogP contribution in [0, 0.1) is 0 Å². The molecule has 1 atom stereocenters. The summed E-state index contributed by atoms with van der Waals surface area (Å²) in [6.07, 6.45) is 0.0265. The normalized spacial score (nSPS) is 22.4. The van der Waals surface area contributed by atoms with E-state index in [1.54, 1.807) is 12.1 Å². The molecule has 19 heavy (non-hydrogen) atoms. The minimum absolute atomic E-state index is 0.0265. The average Bonchev–Trinajstić information content (AvgIpc) is 2.29. The van der Waals surface area contributed by atoms with Crippen molar-refractivity contribution >= 4 is 33.4 Å². The molecule has 1 aromatic rings. The highest BCUT2D eigenvalue weighted by molar-refractivity contribution is 9.10. The Morgan fingerprint density at radius 3 is 2.84 bits per heavy atom. The van der Waals surface area contributed by atoms with Gasteiger partial charge in [0.2, 0.25) is 0 Å². The van der Waals surface area contributed by atoms with Crippen molar-refractivity contribution in [3.8, 4) is 0 Å². The third-order valence-electron chi connectivity index (χ3n) is 3.02. The van der Waals surface area contributed by atoms with Gasteiger partial charge in [-0.3, -0.25) is 4.79 Å². The first-order chi connectivity index (χ1) is 8.78. The summed E-state index contributed by atoms with van der Waals surface area (Å²) in [6, 6.07) is 5.32. The average molecular weight is 347 g/mol. The fourth-order valence-electron chi connectivity index (χ4n) is 2.44. The molecule has 1 amide bonds. The Labute approximate surface area is 127 Å². The molecule has 1 unspecified atom stereocenters. The van der Waals surface area contributed by atoms with Crippen molar-refractivity contribution in [1.29, 1.82) is 0 Å². The largest absolute Gasteiger partial charge is 0.369 e. The lowest BCUT2D eigenvalue weighted by Crippen LogP contribution is -2.53. The Balaban J connectivity index is 2.26. The fourth-order valence-corrected chi connectivity index (χ4v) is 3.00. The first-order valence-corrected chi connectivity index (χ1v) is 7.38. The third kappa shape index (κ3) is 3.50. The molecule has 0 N–H and O–H groups in total. The van der Waals surface area contributed by atoms with Crippen LogP contribution in [0.25, 0.3) is 0 Å². The van der Waals surface area contributed by atoms with Crippen molar-refractivity contribution in [3.63, 3.8) is 0 Å². The lowest BCUT2D eigenvalue weighted by molar-refractivity contribution is -0.118. The first-order valence-electron chi connectivity index (χ1n) is 6.21. The molecule has 1 heterocycles. The molecule has 104 valence electrons. The number of carbonyl (C=O) groups is 1. The first kappa shape index (κ1) is 14.8. The van der Waals surface area contributed by atoms with E-state index in [1.165, 1.54) is 0 Å². The van der Waals surface area contributed by atoms with Gasteiger partial charge in [-0.15, -0.1) is 0 Å². The molecule has 1 saturated heterocycles. The van der Waals surface area contributed by atoms with E-state index >= 15 is 0 Å². The molecular weight excluding hydrogens is 330 g/mol. The van der Waals surface area contributed by atoms with Crippen LogP contribution in [0.15, 0.2) is 22.7 Å². The van der Waals surface area contributed by atoms with Gasteiger partial charge in [-0.1, -0.05) is 27.5 Å². The lowest BCUT2D eigenvalue weighted by Gasteiger charge is -2.41. The van der Waals surface area contributed by atoms with Gasteiger partial charge in [0, 0.05) is 17.6 Å². The molecule has 0 radical (unpaired) electrons. The molecule has 0 saturated carbocycles. The van der Waals surface area contributed by atoms with Gasteiger partial charge in [0.1, 0.15) is 0 Å². The van der Waals surface area contributed by atoms with Gasteiger partial charge in [0.05, 0.1) is 22.3 Å². The summed E-state index contributed by atoms with van der Waals surface area (Å²) in [5.74, 6) is -0.0467. The summed E-state index contributed by atoms with van der Waals surface area (Å²) >= 11 is 9.49. The van der Waals surface area contributed by atoms with Gasteiger partial charge in [0.15, 0.2) is 0 Å². The van der Waals surface area contributed by atoms with Gasteiger partial charge in [0.25, 0.3) is 5.91 Å². The number of hydrogen-bond donors (Lipinski definition) is 0. The second-order valence-corrected chi connectivity index (χ2v) is 6.82. The zero-order valence-corrected chi connectivity index (χ0v) is 13.6. The molecule has 1 aromatic carbocycles. The Hall–Kier alpha value is -0.580. The zero-order valence-electron chi connectivity index (χ0n) is 11.2. The summed E-state index contributed by atoms with van der Waals surface area (Å²) in [7, 11) is 0. The highest BCUT2D eigenvalue weighted by atomic mass is 79.9. The number of ether oxygens (including phenoxy) is 1. The second kappa shape index (κ2) is 5.43. The number of carbonyl (C=O) groups excluding carboxylic acids is 1. The number of halogens is 2. The molecule has 0 bridgehead atoms. The Kier molecular flexibility index (Phi) is 4.23. The molecule has 1 aliphatic rings. The van der Waals surface area contributed by atoms with Crippen LogP contribution in [-0.2, 0) is 4.74 Å². The van der Waals surface area contributed by atoms with E-state index in [9.17, 15) is 4.79 Å². The highest BCUT2D eigenvalue weighted by Crippen LogP contribution is 2.26. The van der Waals surface area contributed by atoms with E-state index in [-0.39, 0.29) is 17.6 Å². The van der Waals surface area contributed by atoms with E-state index in [0.717, 1.165) is 4.47 Å². The van der Waals surface area contributed by atoms with E-state index in [1.807, 2.05) is 31.7 Å². The Bertz CT molecular complexity index is 504. The van der Waals surface area contributed by atoms with Crippen LogP contribution in [0.1, 0.15) is 31.1 Å². The van der Waals surface area contributed by atoms with E-state index in [4.69, 9.17) is 16.3 Å². The molecule has 0 aliphatic carbocycles. The maximum atomic E-state index is 12.6. The van der Waals surface area contributed by atoms with Gasteiger partial charge in [-0.05, 0) is 39.0 Å². The van der Waals surface area contributed by atoms with Crippen molar-refractivity contribution in [2.75, 3.05) is 13.1 Å². The van der Waals surface area contributed by atoms with Gasteiger partial charge in [-0.2, -0.15) is 0 Å². The maximum absolute atomic E-state index is 12.6.